The van der Waals surface area contributed by atoms with E-state index in [-0.39, 0.29) is 5.56 Å². The number of primary amides is 1. The maximum absolute atomic E-state index is 13.1. The van der Waals surface area contributed by atoms with Crippen LogP contribution in [0.15, 0.2) is 36.4 Å². The number of hydrogen-bond donors (Lipinski definition) is 2. The lowest BCUT2D eigenvalue weighted by Crippen LogP contribution is -2.13. The number of carbonyl (C=O) groups excluding carboxylic acids is 1. The van der Waals surface area contributed by atoms with E-state index in [1.165, 1.54) is 18.2 Å². The Kier molecular flexibility index (Phi) is 3.66. The zero-order valence-electron chi connectivity index (χ0n) is 9.58. The summed E-state index contributed by atoms with van der Waals surface area (Å²) in [7, 11) is 0. The Morgan fingerprint density at radius 2 is 1.84 bits per heavy atom. The zero-order chi connectivity index (χ0) is 14.0. The fourth-order valence-electron chi connectivity index (χ4n) is 1.56. The normalized spacial score (nSPS) is 10.3. The van der Waals surface area contributed by atoms with Crippen LogP contribution in [0.5, 0.6) is 0 Å². The van der Waals surface area contributed by atoms with Crippen LogP contribution in [0.25, 0.3) is 0 Å². The maximum Gasteiger partial charge on any atom is 0.250 e. The van der Waals surface area contributed by atoms with Crippen molar-refractivity contribution in [2.24, 2.45) is 5.73 Å². The minimum atomic E-state index is -0.986. The summed E-state index contributed by atoms with van der Waals surface area (Å²) in [6.07, 6.45) is 0. The summed E-state index contributed by atoms with van der Waals surface area (Å²) in [5.41, 5.74) is 6.04. The summed E-state index contributed by atoms with van der Waals surface area (Å²) in [6.45, 7) is 0. The molecule has 0 aromatic heterocycles. The second-order valence-electron chi connectivity index (χ2n) is 3.81. The predicted octanol–water partition coefficient (Wildman–Crippen LogP) is 3.46. The molecule has 98 valence electrons. The molecule has 0 spiro atoms. The van der Waals surface area contributed by atoms with Gasteiger partial charge in [0, 0.05) is 16.8 Å². The quantitative estimate of drug-likeness (QED) is 0.906. The second-order valence-corrected chi connectivity index (χ2v) is 4.24. The predicted molar refractivity (Wildman–Crippen MR) is 69.6 cm³/mol. The summed E-state index contributed by atoms with van der Waals surface area (Å²) >= 11 is 5.76. The average molecular weight is 283 g/mol. The van der Waals surface area contributed by atoms with Crippen LogP contribution in [-0.4, -0.2) is 5.91 Å². The monoisotopic (exact) mass is 282 g/mol. The molecule has 0 aliphatic rings. The Morgan fingerprint density at radius 1 is 1.11 bits per heavy atom. The minimum absolute atomic E-state index is 0.164. The van der Waals surface area contributed by atoms with Crippen LogP contribution in [0.2, 0.25) is 5.02 Å². The van der Waals surface area contributed by atoms with Crippen molar-refractivity contribution in [2.45, 2.75) is 0 Å². The third-order valence-corrected chi connectivity index (χ3v) is 2.68. The Morgan fingerprint density at radius 3 is 2.47 bits per heavy atom. The van der Waals surface area contributed by atoms with Crippen LogP contribution in [0.4, 0.5) is 20.2 Å². The van der Waals surface area contributed by atoms with E-state index in [0.29, 0.717) is 16.4 Å². The van der Waals surface area contributed by atoms with E-state index in [9.17, 15) is 13.6 Å². The van der Waals surface area contributed by atoms with Gasteiger partial charge in [-0.2, -0.15) is 0 Å². The highest BCUT2D eigenvalue weighted by Gasteiger charge is 2.10. The molecule has 0 radical (unpaired) electrons. The van der Waals surface area contributed by atoms with Gasteiger partial charge in [-0.05, 0) is 30.3 Å². The third-order valence-electron chi connectivity index (χ3n) is 2.45. The molecule has 0 bridgehead atoms. The van der Waals surface area contributed by atoms with E-state index >= 15 is 0 Å². The fraction of sp³-hybridized carbons (Fsp3) is 0. The van der Waals surface area contributed by atoms with Crippen LogP contribution >= 0.6 is 11.6 Å². The van der Waals surface area contributed by atoms with Gasteiger partial charge >= 0.3 is 0 Å². The molecule has 19 heavy (non-hydrogen) atoms. The highest BCUT2D eigenvalue weighted by atomic mass is 35.5. The topological polar surface area (TPSA) is 55.1 Å². The van der Waals surface area contributed by atoms with Gasteiger partial charge in [0.2, 0.25) is 0 Å². The molecule has 1 amide bonds. The van der Waals surface area contributed by atoms with E-state index in [0.717, 1.165) is 12.1 Å². The molecule has 0 aliphatic heterocycles. The molecule has 3 nitrogen and oxygen atoms in total. The molecule has 2 aromatic rings. The van der Waals surface area contributed by atoms with E-state index in [2.05, 4.69) is 5.32 Å². The molecule has 2 aromatic carbocycles. The van der Waals surface area contributed by atoms with Crippen molar-refractivity contribution in [1.29, 1.82) is 0 Å². The number of nitrogens with one attached hydrogen (secondary N) is 1. The van der Waals surface area contributed by atoms with E-state index < -0.39 is 17.5 Å². The number of anilines is 2. The van der Waals surface area contributed by atoms with Crippen LogP contribution in [-0.2, 0) is 0 Å². The van der Waals surface area contributed by atoms with Gasteiger partial charge in [-0.25, -0.2) is 8.78 Å². The van der Waals surface area contributed by atoms with E-state index in [1.54, 1.807) is 6.07 Å². The zero-order valence-corrected chi connectivity index (χ0v) is 10.3. The smallest absolute Gasteiger partial charge is 0.250 e. The SMILES string of the molecule is NC(=O)c1cc(Cl)ccc1Nc1ccc(F)c(F)c1. The van der Waals surface area contributed by atoms with Gasteiger partial charge in [0.15, 0.2) is 11.6 Å². The Labute approximate surface area is 113 Å². The van der Waals surface area contributed by atoms with Gasteiger partial charge in [-0.15, -0.1) is 0 Å². The average Bonchev–Trinajstić information content (AvgIpc) is 2.36. The highest BCUT2D eigenvalue weighted by Crippen LogP contribution is 2.24. The molecule has 0 atom stereocenters. The summed E-state index contributed by atoms with van der Waals surface area (Å²) in [5.74, 6) is -2.61. The first-order valence-electron chi connectivity index (χ1n) is 5.29. The number of amides is 1. The van der Waals surface area contributed by atoms with Crippen molar-refractivity contribution in [2.75, 3.05) is 5.32 Å². The Balaban J connectivity index is 2.37. The molecule has 3 N–H and O–H groups in total. The van der Waals surface area contributed by atoms with E-state index in [4.69, 9.17) is 17.3 Å². The molecule has 0 fully saturated rings. The van der Waals surface area contributed by atoms with Crippen molar-refractivity contribution in [3.8, 4) is 0 Å². The lowest BCUT2D eigenvalue weighted by molar-refractivity contribution is 0.100. The Hall–Kier alpha value is -2.14. The largest absolute Gasteiger partial charge is 0.366 e. The highest BCUT2D eigenvalue weighted by molar-refractivity contribution is 6.31. The number of benzene rings is 2. The van der Waals surface area contributed by atoms with Crippen molar-refractivity contribution < 1.29 is 13.6 Å². The van der Waals surface area contributed by atoms with Gasteiger partial charge in [-0.1, -0.05) is 11.6 Å². The lowest BCUT2D eigenvalue weighted by Gasteiger charge is -2.10. The number of carbonyl (C=O) groups is 1. The third kappa shape index (κ3) is 3.00. The van der Waals surface area contributed by atoms with Gasteiger partial charge < -0.3 is 11.1 Å². The lowest BCUT2D eigenvalue weighted by atomic mass is 10.1. The van der Waals surface area contributed by atoms with Crippen LogP contribution in [0, 0.1) is 11.6 Å². The van der Waals surface area contributed by atoms with Crippen molar-refractivity contribution in [3.05, 3.63) is 58.6 Å². The standard InChI is InChI=1S/C13H9ClF2N2O/c14-7-1-4-12(9(5-7)13(17)19)18-8-2-3-10(15)11(16)6-8/h1-6,18H,(H2,17,19). The molecular weight excluding hydrogens is 274 g/mol. The molecule has 0 saturated carbocycles. The molecular formula is C13H9ClF2N2O. The molecule has 0 aliphatic carbocycles. The van der Waals surface area contributed by atoms with Crippen LogP contribution < -0.4 is 11.1 Å². The van der Waals surface area contributed by atoms with Crippen molar-refractivity contribution in [1.82, 2.24) is 0 Å². The van der Waals surface area contributed by atoms with Crippen molar-refractivity contribution in [3.63, 3.8) is 0 Å². The van der Waals surface area contributed by atoms with Gasteiger partial charge in [0.25, 0.3) is 5.91 Å². The number of hydrogen-bond acceptors (Lipinski definition) is 2. The molecule has 0 saturated heterocycles. The number of halogens is 3. The summed E-state index contributed by atoms with van der Waals surface area (Å²) in [4.78, 5) is 11.3. The molecule has 2 rings (SSSR count). The first kappa shape index (κ1) is 13.3. The van der Waals surface area contributed by atoms with Gasteiger partial charge in [0.05, 0.1) is 11.3 Å². The van der Waals surface area contributed by atoms with Crippen LogP contribution in [0.1, 0.15) is 10.4 Å². The first-order valence-corrected chi connectivity index (χ1v) is 5.66. The Bertz CT molecular complexity index is 647. The molecule has 0 unspecified atom stereocenters. The summed E-state index contributed by atoms with van der Waals surface area (Å²) in [5, 5.41) is 3.13. The fourth-order valence-corrected chi connectivity index (χ4v) is 1.73. The number of rotatable bonds is 3. The maximum atomic E-state index is 13.1. The summed E-state index contributed by atoms with van der Waals surface area (Å²) in [6, 6.07) is 7.79. The first-order chi connectivity index (χ1) is 8.97. The second kappa shape index (κ2) is 5.24. The summed E-state index contributed by atoms with van der Waals surface area (Å²) < 4.78 is 25.9. The molecule has 6 heteroatoms. The molecule has 0 heterocycles. The van der Waals surface area contributed by atoms with Gasteiger partial charge in [0.1, 0.15) is 0 Å². The van der Waals surface area contributed by atoms with Crippen LogP contribution in [0.3, 0.4) is 0 Å². The van der Waals surface area contributed by atoms with Crippen molar-refractivity contribution >= 4 is 28.9 Å². The number of nitrogens with two attached hydrogens (primary N) is 1. The van der Waals surface area contributed by atoms with E-state index in [1.807, 2.05) is 0 Å². The minimum Gasteiger partial charge on any atom is -0.366 e. The van der Waals surface area contributed by atoms with Gasteiger partial charge in [-0.3, -0.25) is 4.79 Å².